The number of rotatable bonds is 7. The summed E-state index contributed by atoms with van der Waals surface area (Å²) in [6, 6.07) is 16.8. The van der Waals surface area contributed by atoms with Gasteiger partial charge in [-0.25, -0.2) is 0 Å². The van der Waals surface area contributed by atoms with Crippen molar-refractivity contribution in [2.45, 2.75) is 12.8 Å². The average Bonchev–Trinajstić information content (AvgIpc) is 3.23. The second-order valence-corrected chi connectivity index (χ2v) is 8.99. The molecule has 33 heavy (non-hydrogen) atoms. The molecule has 174 valence electrons. The second kappa shape index (κ2) is 10.8. The van der Waals surface area contributed by atoms with E-state index >= 15 is 0 Å². The van der Waals surface area contributed by atoms with Gasteiger partial charge in [0.1, 0.15) is 0 Å². The fourth-order valence-electron chi connectivity index (χ4n) is 4.33. The summed E-state index contributed by atoms with van der Waals surface area (Å²) < 4.78 is 0. The van der Waals surface area contributed by atoms with E-state index in [0.717, 1.165) is 30.9 Å². The van der Waals surface area contributed by atoms with E-state index in [9.17, 15) is 14.4 Å². The van der Waals surface area contributed by atoms with Crippen LogP contribution in [0.1, 0.15) is 12.0 Å². The van der Waals surface area contributed by atoms with Crippen molar-refractivity contribution in [3.05, 3.63) is 65.2 Å². The molecule has 4 rings (SSSR count). The number of benzene rings is 2. The maximum atomic E-state index is 12.6. The molecule has 1 atom stereocenters. The highest BCUT2D eigenvalue weighted by Crippen LogP contribution is 2.24. The number of anilines is 1. The van der Waals surface area contributed by atoms with Crippen LogP contribution in [0.25, 0.3) is 0 Å². The molecule has 0 spiro atoms. The van der Waals surface area contributed by atoms with E-state index in [4.69, 9.17) is 11.6 Å². The molecule has 8 heteroatoms. The third-order valence-corrected chi connectivity index (χ3v) is 6.54. The van der Waals surface area contributed by atoms with Crippen molar-refractivity contribution in [1.29, 1.82) is 0 Å². The summed E-state index contributed by atoms with van der Waals surface area (Å²) in [6.07, 6.45) is 0.627. The van der Waals surface area contributed by atoms with Crippen LogP contribution in [0.5, 0.6) is 0 Å². The summed E-state index contributed by atoms with van der Waals surface area (Å²) in [4.78, 5) is 43.3. The Morgan fingerprint density at radius 2 is 1.67 bits per heavy atom. The molecule has 2 aromatic rings. The lowest BCUT2D eigenvalue weighted by atomic mass is 10.1. The molecule has 2 saturated heterocycles. The summed E-state index contributed by atoms with van der Waals surface area (Å²) in [6.45, 7) is 4.62. The Hall–Kier alpha value is -2.90. The highest BCUT2D eigenvalue weighted by molar-refractivity contribution is 6.30. The van der Waals surface area contributed by atoms with E-state index in [0.29, 0.717) is 37.6 Å². The SMILES string of the molecule is O=C(NCCN1CCN(C(=O)Cc2ccc(Cl)cc2)CC1)C1CC(=O)N(c2ccccc2)C1. The van der Waals surface area contributed by atoms with E-state index in [1.165, 1.54) is 0 Å². The fraction of sp³-hybridized carbons (Fsp3) is 0.400. The monoisotopic (exact) mass is 468 g/mol. The number of hydrogen-bond donors (Lipinski definition) is 1. The Balaban J connectivity index is 1.15. The minimum atomic E-state index is -0.319. The summed E-state index contributed by atoms with van der Waals surface area (Å²) in [7, 11) is 0. The molecule has 1 N–H and O–H groups in total. The van der Waals surface area contributed by atoms with Gasteiger partial charge in [0.25, 0.3) is 0 Å². The van der Waals surface area contributed by atoms with Crippen molar-refractivity contribution in [2.75, 3.05) is 50.7 Å². The van der Waals surface area contributed by atoms with Crippen molar-refractivity contribution >= 4 is 35.0 Å². The Labute approximate surface area is 199 Å². The Morgan fingerprint density at radius 1 is 0.970 bits per heavy atom. The third kappa shape index (κ3) is 6.12. The number of hydrogen-bond acceptors (Lipinski definition) is 4. The van der Waals surface area contributed by atoms with Crippen LogP contribution in [0.15, 0.2) is 54.6 Å². The molecule has 2 aliphatic rings. The number of para-hydroxylation sites is 1. The number of nitrogens with zero attached hydrogens (tertiary/aromatic N) is 3. The van der Waals surface area contributed by atoms with Crippen LogP contribution in [0.4, 0.5) is 5.69 Å². The molecule has 0 bridgehead atoms. The summed E-state index contributed by atoms with van der Waals surface area (Å²) in [5.41, 5.74) is 1.80. The van der Waals surface area contributed by atoms with Gasteiger partial charge in [0.15, 0.2) is 0 Å². The summed E-state index contributed by atoms with van der Waals surface area (Å²) >= 11 is 5.91. The zero-order valence-electron chi connectivity index (χ0n) is 18.6. The Morgan fingerprint density at radius 3 is 2.36 bits per heavy atom. The predicted molar refractivity (Wildman–Crippen MR) is 128 cm³/mol. The molecule has 2 fully saturated rings. The molecule has 2 heterocycles. The van der Waals surface area contributed by atoms with Crippen molar-refractivity contribution in [3.8, 4) is 0 Å². The van der Waals surface area contributed by atoms with Gasteiger partial charge >= 0.3 is 0 Å². The lowest BCUT2D eigenvalue weighted by molar-refractivity contribution is -0.132. The first-order chi connectivity index (χ1) is 16.0. The minimum absolute atomic E-state index is 0.0132. The van der Waals surface area contributed by atoms with Crippen LogP contribution in [-0.4, -0.2) is 73.3 Å². The molecular formula is C25H29ClN4O3. The largest absolute Gasteiger partial charge is 0.355 e. The molecule has 1 unspecified atom stereocenters. The highest BCUT2D eigenvalue weighted by Gasteiger charge is 2.35. The molecule has 0 radical (unpaired) electrons. The maximum Gasteiger partial charge on any atom is 0.227 e. The van der Waals surface area contributed by atoms with Crippen molar-refractivity contribution < 1.29 is 14.4 Å². The van der Waals surface area contributed by atoms with Gasteiger partial charge in [0, 0.05) is 62.9 Å². The van der Waals surface area contributed by atoms with Gasteiger partial charge in [0.05, 0.1) is 12.3 Å². The standard InChI is InChI=1S/C25H29ClN4O3/c26-21-8-6-19(7-9-21)16-23(31)29-14-12-28(13-15-29)11-10-27-25(33)20-17-24(32)30(18-20)22-4-2-1-3-5-22/h1-9,20H,10-18H2,(H,27,33). The quantitative estimate of drug-likeness (QED) is 0.676. The molecule has 7 nitrogen and oxygen atoms in total. The molecule has 0 aliphatic carbocycles. The number of nitrogens with one attached hydrogen (secondary N) is 1. The van der Waals surface area contributed by atoms with E-state index < -0.39 is 0 Å². The van der Waals surface area contributed by atoms with Crippen LogP contribution < -0.4 is 10.2 Å². The fourth-order valence-corrected chi connectivity index (χ4v) is 4.46. The van der Waals surface area contributed by atoms with Gasteiger partial charge in [-0.2, -0.15) is 0 Å². The molecule has 2 aromatic carbocycles. The van der Waals surface area contributed by atoms with Gasteiger partial charge in [-0.3, -0.25) is 19.3 Å². The summed E-state index contributed by atoms with van der Waals surface area (Å²) in [5.74, 6) is -0.279. The van der Waals surface area contributed by atoms with Crippen molar-refractivity contribution in [2.24, 2.45) is 5.92 Å². The summed E-state index contributed by atoms with van der Waals surface area (Å²) in [5, 5.41) is 3.65. The Kier molecular flexibility index (Phi) is 7.62. The van der Waals surface area contributed by atoms with Gasteiger partial charge in [-0.15, -0.1) is 0 Å². The zero-order valence-corrected chi connectivity index (χ0v) is 19.3. The minimum Gasteiger partial charge on any atom is -0.355 e. The van der Waals surface area contributed by atoms with E-state index in [1.54, 1.807) is 17.0 Å². The third-order valence-electron chi connectivity index (χ3n) is 6.28. The van der Waals surface area contributed by atoms with E-state index in [2.05, 4.69) is 10.2 Å². The van der Waals surface area contributed by atoms with Crippen LogP contribution in [0.3, 0.4) is 0 Å². The highest BCUT2D eigenvalue weighted by atomic mass is 35.5. The number of amides is 3. The normalized spacial score (nSPS) is 19.1. The first-order valence-electron chi connectivity index (χ1n) is 11.4. The topological polar surface area (TPSA) is 73.0 Å². The molecule has 0 aromatic heterocycles. The van der Waals surface area contributed by atoms with E-state index in [-0.39, 0.29) is 30.1 Å². The second-order valence-electron chi connectivity index (χ2n) is 8.56. The number of carbonyl (C=O) groups is 3. The number of carbonyl (C=O) groups excluding carboxylic acids is 3. The first-order valence-corrected chi connectivity index (χ1v) is 11.7. The first kappa shape index (κ1) is 23.3. The van der Waals surface area contributed by atoms with Crippen LogP contribution >= 0.6 is 11.6 Å². The van der Waals surface area contributed by atoms with Crippen LogP contribution in [0, 0.1) is 5.92 Å². The number of piperazine rings is 1. The molecule has 2 aliphatic heterocycles. The van der Waals surface area contributed by atoms with E-state index in [1.807, 2.05) is 47.4 Å². The van der Waals surface area contributed by atoms with Crippen LogP contribution in [-0.2, 0) is 20.8 Å². The van der Waals surface area contributed by atoms with Crippen molar-refractivity contribution in [3.63, 3.8) is 0 Å². The van der Waals surface area contributed by atoms with Gasteiger partial charge in [-0.1, -0.05) is 41.9 Å². The predicted octanol–water partition coefficient (Wildman–Crippen LogP) is 2.20. The Bertz CT molecular complexity index is 975. The maximum absolute atomic E-state index is 12.6. The molecule has 0 saturated carbocycles. The lowest BCUT2D eigenvalue weighted by Gasteiger charge is -2.34. The lowest BCUT2D eigenvalue weighted by Crippen LogP contribution is -2.50. The van der Waals surface area contributed by atoms with Gasteiger partial charge in [-0.05, 0) is 29.8 Å². The molecule has 3 amide bonds. The van der Waals surface area contributed by atoms with Gasteiger partial charge < -0.3 is 15.1 Å². The van der Waals surface area contributed by atoms with Gasteiger partial charge in [0.2, 0.25) is 17.7 Å². The zero-order chi connectivity index (χ0) is 23.2. The molecular weight excluding hydrogens is 440 g/mol. The average molecular weight is 469 g/mol. The smallest absolute Gasteiger partial charge is 0.227 e. The van der Waals surface area contributed by atoms with Crippen LogP contribution in [0.2, 0.25) is 5.02 Å². The van der Waals surface area contributed by atoms with Crippen molar-refractivity contribution in [1.82, 2.24) is 15.1 Å². The number of halogens is 1.